The van der Waals surface area contributed by atoms with Gasteiger partial charge in [-0.2, -0.15) is 0 Å². The largest absolute Gasteiger partial charge is 0.355 e. The van der Waals surface area contributed by atoms with Crippen LogP contribution in [-0.4, -0.2) is 80.5 Å². The summed E-state index contributed by atoms with van der Waals surface area (Å²) in [6.45, 7) is 7.79. The third kappa shape index (κ3) is 7.12. The molecule has 1 N–H and O–H groups in total. The van der Waals surface area contributed by atoms with E-state index in [1.54, 1.807) is 0 Å². The molecule has 5 nitrogen and oxygen atoms in total. The molecule has 0 unspecified atom stereocenters. The summed E-state index contributed by atoms with van der Waals surface area (Å²) in [5.74, 6) is 0.165. The predicted octanol–water partition coefficient (Wildman–Crippen LogP) is 0.872. The van der Waals surface area contributed by atoms with Gasteiger partial charge in [-0.1, -0.05) is 30.3 Å². The van der Waals surface area contributed by atoms with Gasteiger partial charge in [0.15, 0.2) is 0 Å². The lowest BCUT2D eigenvalue weighted by atomic mass is 10.2. The van der Waals surface area contributed by atoms with Crippen molar-refractivity contribution in [1.29, 1.82) is 0 Å². The highest BCUT2D eigenvalue weighted by Crippen LogP contribution is 2.08. The van der Waals surface area contributed by atoms with Gasteiger partial charge in [-0.05, 0) is 19.7 Å². The van der Waals surface area contributed by atoms with Crippen molar-refractivity contribution in [2.24, 2.45) is 0 Å². The molecule has 1 amide bonds. The van der Waals surface area contributed by atoms with E-state index in [0.29, 0.717) is 6.42 Å². The van der Waals surface area contributed by atoms with Gasteiger partial charge in [0.25, 0.3) is 0 Å². The van der Waals surface area contributed by atoms with Gasteiger partial charge in [0.05, 0.1) is 0 Å². The molecule has 0 saturated carbocycles. The number of nitrogens with one attached hydrogen (secondary N) is 1. The van der Waals surface area contributed by atoms with Crippen LogP contribution >= 0.6 is 0 Å². The minimum Gasteiger partial charge on any atom is -0.355 e. The Morgan fingerprint density at radius 3 is 2.39 bits per heavy atom. The van der Waals surface area contributed by atoms with Crippen molar-refractivity contribution in [3.8, 4) is 0 Å². The summed E-state index contributed by atoms with van der Waals surface area (Å²) in [4.78, 5) is 18.8. The van der Waals surface area contributed by atoms with Crippen LogP contribution in [-0.2, 0) is 11.3 Å². The fourth-order valence-corrected chi connectivity index (χ4v) is 2.78. The first-order chi connectivity index (χ1) is 11.1. The molecule has 0 atom stereocenters. The Bertz CT molecular complexity index is 455. The van der Waals surface area contributed by atoms with Gasteiger partial charge < -0.3 is 15.1 Å². The summed E-state index contributed by atoms with van der Waals surface area (Å²) >= 11 is 0. The van der Waals surface area contributed by atoms with Crippen LogP contribution in [0.5, 0.6) is 0 Å². The first-order valence-electron chi connectivity index (χ1n) is 8.53. The molecule has 5 heteroatoms. The predicted molar refractivity (Wildman–Crippen MR) is 94.3 cm³/mol. The Morgan fingerprint density at radius 1 is 1.09 bits per heavy atom. The minimum absolute atomic E-state index is 0.165. The maximum absolute atomic E-state index is 11.8. The van der Waals surface area contributed by atoms with Gasteiger partial charge in [0, 0.05) is 58.8 Å². The van der Waals surface area contributed by atoms with Crippen molar-refractivity contribution in [1.82, 2.24) is 20.0 Å². The molecule has 1 aliphatic rings. The number of benzene rings is 1. The van der Waals surface area contributed by atoms with Crippen LogP contribution in [0.4, 0.5) is 0 Å². The third-order valence-electron chi connectivity index (χ3n) is 4.25. The number of carbonyl (C=O) groups is 1. The molecule has 1 fully saturated rings. The Hall–Kier alpha value is -1.43. The van der Waals surface area contributed by atoms with Gasteiger partial charge in [-0.25, -0.2) is 0 Å². The van der Waals surface area contributed by atoms with E-state index < -0.39 is 0 Å². The van der Waals surface area contributed by atoms with Crippen LogP contribution in [0.1, 0.15) is 12.0 Å². The summed E-state index contributed by atoms with van der Waals surface area (Å²) in [5, 5.41) is 2.98. The highest BCUT2D eigenvalue weighted by molar-refractivity contribution is 5.76. The van der Waals surface area contributed by atoms with E-state index in [9.17, 15) is 4.79 Å². The van der Waals surface area contributed by atoms with Gasteiger partial charge in [-0.3, -0.25) is 9.69 Å². The molecule has 23 heavy (non-hydrogen) atoms. The smallest absolute Gasteiger partial charge is 0.221 e. The number of amides is 1. The molecule has 2 rings (SSSR count). The van der Waals surface area contributed by atoms with Gasteiger partial charge in [-0.15, -0.1) is 0 Å². The summed E-state index contributed by atoms with van der Waals surface area (Å²) in [6, 6.07) is 10.6. The van der Waals surface area contributed by atoms with E-state index >= 15 is 0 Å². The van der Waals surface area contributed by atoms with Crippen LogP contribution in [0.2, 0.25) is 0 Å². The van der Waals surface area contributed by atoms with E-state index in [2.05, 4.69) is 50.3 Å². The van der Waals surface area contributed by atoms with E-state index in [-0.39, 0.29) is 5.91 Å². The van der Waals surface area contributed by atoms with Crippen LogP contribution in [0, 0.1) is 0 Å². The zero-order chi connectivity index (χ0) is 16.5. The Labute approximate surface area is 140 Å². The van der Waals surface area contributed by atoms with Gasteiger partial charge >= 0.3 is 0 Å². The van der Waals surface area contributed by atoms with Crippen molar-refractivity contribution < 1.29 is 4.79 Å². The highest BCUT2D eigenvalue weighted by Gasteiger charge is 2.17. The molecule has 0 spiro atoms. The lowest BCUT2D eigenvalue weighted by Crippen LogP contribution is -2.46. The van der Waals surface area contributed by atoms with Gasteiger partial charge in [0.1, 0.15) is 0 Å². The van der Waals surface area contributed by atoms with Crippen LogP contribution in [0.3, 0.4) is 0 Å². The Morgan fingerprint density at radius 2 is 1.74 bits per heavy atom. The zero-order valence-corrected chi connectivity index (χ0v) is 14.5. The molecular formula is C18H30N4O. The van der Waals surface area contributed by atoms with E-state index in [1.165, 1.54) is 5.56 Å². The highest BCUT2D eigenvalue weighted by atomic mass is 16.1. The molecule has 0 aromatic heterocycles. The zero-order valence-electron chi connectivity index (χ0n) is 14.5. The normalized spacial score (nSPS) is 16.7. The number of nitrogens with zero attached hydrogens (tertiary/aromatic N) is 3. The van der Waals surface area contributed by atoms with Crippen LogP contribution < -0.4 is 5.32 Å². The van der Waals surface area contributed by atoms with Crippen LogP contribution in [0.25, 0.3) is 0 Å². The number of hydrogen-bond acceptors (Lipinski definition) is 4. The minimum atomic E-state index is 0.165. The fraction of sp³-hybridized carbons (Fsp3) is 0.611. The summed E-state index contributed by atoms with van der Waals surface area (Å²) in [6.07, 6.45) is 0.603. The van der Waals surface area contributed by atoms with Crippen molar-refractivity contribution in [2.75, 3.05) is 59.9 Å². The van der Waals surface area contributed by atoms with Crippen molar-refractivity contribution >= 4 is 5.91 Å². The molecular weight excluding hydrogens is 288 g/mol. The van der Waals surface area contributed by atoms with Crippen LogP contribution in [0.15, 0.2) is 30.3 Å². The Kier molecular flexibility index (Phi) is 7.52. The summed E-state index contributed by atoms with van der Waals surface area (Å²) in [7, 11) is 4.03. The SMILES string of the molecule is CN(C)CCNC(=O)CCN1CCN(Cc2ccccc2)CC1. The molecule has 1 aromatic carbocycles. The van der Waals surface area contributed by atoms with Crippen molar-refractivity contribution in [2.45, 2.75) is 13.0 Å². The average molecular weight is 318 g/mol. The first-order valence-corrected chi connectivity index (χ1v) is 8.53. The second-order valence-electron chi connectivity index (χ2n) is 6.51. The maximum Gasteiger partial charge on any atom is 0.221 e. The number of rotatable bonds is 8. The lowest BCUT2D eigenvalue weighted by Gasteiger charge is -2.34. The third-order valence-corrected chi connectivity index (χ3v) is 4.25. The first kappa shape index (κ1) is 17.9. The van der Waals surface area contributed by atoms with Crippen molar-refractivity contribution in [3.63, 3.8) is 0 Å². The molecule has 1 aromatic rings. The monoisotopic (exact) mass is 318 g/mol. The van der Waals surface area contributed by atoms with Gasteiger partial charge in [0.2, 0.25) is 5.91 Å². The second-order valence-corrected chi connectivity index (χ2v) is 6.51. The maximum atomic E-state index is 11.8. The summed E-state index contributed by atoms with van der Waals surface area (Å²) in [5.41, 5.74) is 1.38. The molecule has 0 radical (unpaired) electrons. The number of carbonyl (C=O) groups excluding carboxylic acids is 1. The Balaban J connectivity index is 1.58. The van der Waals surface area contributed by atoms with E-state index in [1.807, 2.05) is 14.1 Å². The molecule has 128 valence electrons. The number of piperazine rings is 1. The average Bonchev–Trinajstić information content (AvgIpc) is 2.55. The van der Waals surface area contributed by atoms with E-state index in [0.717, 1.165) is 52.4 Å². The van der Waals surface area contributed by atoms with E-state index in [4.69, 9.17) is 0 Å². The fourth-order valence-electron chi connectivity index (χ4n) is 2.78. The standard InChI is InChI=1S/C18H30N4O/c1-20(2)11-9-19-18(23)8-10-21-12-14-22(15-13-21)16-17-6-4-3-5-7-17/h3-7H,8-16H2,1-2H3,(H,19,23). The summed E-state index contributed by atoms with van der Waals surface area (Å²) < 4.78 is 0. The molecule has 1 heterocycles. The van der Waals surface area contributed by atoms with Crippen molar-refractivity contribution in [3.05, 3.63) is 35.9 Å². The second kappa shape index (κ2) is 9.65. The lowest BCUT2D eigenvalue weighted by molar-refractivity contribution is -0.121. The number of hydrogen-bond donors (Lipinski definition) is 1. The molecule has 0 aliphatic carbocycles. The molecule has 1 saturated heterocycles. The quantitative estimate of drug-likeness (QED) is 0.772. The topological polar surface area (TPSA) is 38.8 Å². The molecule has 0 bridgehead atoms. The number of likely N-dealkylation sites (N-methyl/N-ethyl adjacent to an activating group) is 1. The molecule has 1 aliphatic heterocycles.